The minimum Gasteiger partial charge on any atom is -0.165 e. The summed E-state index contributed by atoms with van der Waals surface area (Å²) in [5.74, 6) is 0.785. The van der Waals surface area contributed by atoms with Crippen LogP contribution in [0.3, 0.4) is 0 Å². The molecule has 0 nitrogen and oxygen atoms in total. The monoisotopic (exact) mass is 120 g/mol. The number of hydrogen-bond donors (Lipinski definition) is 0. The maximum Gasteiger partial charge on any atom is 0.0477 e. The van der Waals surface area contributed by atoms with Crippen molar-refractivity contribution >= 4 is 12.1 Å². The molecule has 0 N–H and O–H groups in total. The second-order valence-electron chi connectivity index (χ2n) is 2.29. The summed E-state index contributed by atoms with van der Waals surface area (Å²) in [7, 11) is 0. The molecular weight excluding hydrogens is 111 g/mol. The zero-order valence-electron chi connectivity index (χ0n) is 4.36. The van der Waals surface area contributed by atoms with E-state index in [4.69, 9.17) is 0 Å². The molecule has 1 fully saturated rings. The lowest BCUT2D eigenvalue weighted by atomic mass is 9.87. The first kappa shape index (κ1) is 5.42. The molecule has 0 heterocycles. The number of rotatable bonds is 1. The lowest BCUT2D eigenvalue weighted by Crippen LogP contribution is -2.21. The molecule has 0 unspecified atom stereocenters. The molecule has 0 bridgehead atoms. The first-order valence-electron chi connectivity index (χ1n) is 2.60. The second kappa shape index (κ2) is 2.03. The fourth-order valence-corrected chi connectivity index (χ4v) is 1.70. The zero-order valence-corrected chi connectivity index (χ0v) is 5.17. The molecule has 0 aromatic carbocycles. The Bertz CT molecular complexity index is 59.1. The van der Waals surface area contributed by atoms with Crippen molar-refractivity contribution in [2.45, 2.75) is 25.0 Å². The van der Waals surface area contributed by atoms with E-state index in [2.05, 4.69) is 6.92 Å². The average Bonchev–Trinajstić information content (AvgIpc) is 1.58. The minimum atomic E-state index is 0.343. The van der Waals surface area contributed by atoms with Gasteiger partial charge in [0.1, 0.15) is 0 Å². The summed E-state index contributed by atoms with van der Waals surface area (Å²) >= 11 is 0.515. The second-order valence-corrected chi connectivity index (χ2v) is 3.13. The van der Waals surface area contributed by atoms with Gasteiger partial charge in [-0.25, -0.2) is 0 Å². The highest BCUT2D eigenvalue weighted by Crippen LogP contribution is 2.36. The predicted molar refractivity (Wildman–Crippen MR) is 30.9 cm³/mol. The van der Waals surface area contributed by atoms with Crippen LogP contribution in [-0.2, 0) is 0 Å². The normalized spacial score (nSPS) is 40.3. The largest absolute Gasteiger partial charge is 0.165 e. The third kappa shape index (κ3) is 1.09. The van der Waals surface area contributed by atoms with Crippen molar-refractivity contribution in [1.29, 1.82) is 0 Å². The van der Waals surface area contributed by atoms with Crippen LogP contribution in [0.15, 0.2) is 0 Å². The van der Waals surface area contributed by atoms with Gasteiger partial charge in [-0.05, 0) is 18.8 Å². The fraction of sp³-hybridized carbons (Fsp3) is 1.00. The fourth-order valence-electron chi connectivity index (χ4n) is 0.901. The Labute approximate surface area is 47.8 Å². The summed E-state index contributed by atoms with van der Waals surface area (Å²) < 4.78 is 11.5. The molecule has 42 valence electrons. The third-order valence-corrected chi connectivity index (χ3v) is 2.09. The van der Waals surface area contributed by atoms with E-state index in [1.54, 1.807) is 0 Å². The highest BCUT2D eigenvalue weighted by Gasteiger charge is 2.25. The van der Waals surface area contributed by atoms with Crippen LogP contribution >= 0.6 is 12.1 Å². The maximum absolute atomic E-state index is 11.5. The van der Waals surface area contributed by atoms with Crippen molar-refractivity contribution in [3.05, 3.63) is 0 Å². The topological polar surface area (TPSA) is 0 Å². The van der Waals surface area contributed by atoms with Crippen molar-refractivity contribution in [2.24, 2.45) is 5.92 Å². The van der Waals surface area contributed by atoms with Crippen molar-refractivity contribution in [3.8, 4) is 0 Å². The third-order valence-electron chi connectivity index (χ3n) is 1.46. The lowest BCUT2D eigenvalue weighted by Gasteiger charge is -2.28. The zero-order chi connectivity index (χ0) is 5.28. The smallest absolute Gasteiger partial charge is 0.0477 e. The van der Waals surface area contributed by atoms with E-state index in [0.717, 1.165) is 18.8 Å². The average molecular weight is 120 g/mol. The SMILES string of the molecule is CC1CC(SF)C1. The maximum atomic E-state index is 11.5. The predicted octanol–water partition coefficient (Wildman–Crippen LogP) is 2.40. The van der Waals surface area contributed by atoms with Crippen LogP contribution < -0.4 is 0 Å². The van der Waals surface area contributed by atoms with Gasteiger partial charge in [0.05, 0.1) is 0 Å². The molecule has 0 radical (unpaired) electrons. The van der Waals surface area contributed by atoms with Gasteiger partial charge < -0.3 is 0 Å². The number of hydrogen-bond acceptors (Lipinski definition) is 1. The van der Waals surface area contributed by atoms with Crippen molar-refractivity contribution in [3.63, 3.8) is 0 Å². The quantitative estimate of drug-likeness (QED) is 0.512. The van der Waals surface area contributed by atoms with Crippen molar-refractivity contribution in [2.75, 3.05) is 0 Å². The van der Waals surface area contributed by atoms with Gasteiger partial charge in [0, 0.05) is 17.4 Å². The summed E-state index contributed by atoms with van der Waals surface area (Å²) in [6.07, 6.45) is 2.17. The molecule has 1 aliphatic carbocycles. The summed E-state index contributed by atoms with van der Waals surface area (Å²) in [6.45, 7) is 2.16. The van der Waals surface area contributed by atoms with E-state index in [0.29, 0.717) is 17.4 Å². The highest BCUT2D eigenvalue weighted by atomic mass is 32.2. The van der Waals surface area contributed by atoms with Crippen LogP contribution in [0.25, 0.3) is 0 Å². The van der Waals surface area contributed by atoms with E-state index >= 15 is 0 Å². The van der Waals surface area contributed by atoms with Gasteiger partial charge in [-0.3, -0.25) is 0 Å². The Morgan fingerprint density at radius 2 is 2.14 bits per heavy atom. The summed E-state index contributed by atoms with van der Waals surface area (Å²) in [6, 6.07) is 0. The van der Waals surface area contributed by atoms with Gasteiger partial charge in [0.15, 0.2) is 0 Å². The summed E-state index contributed by atoms with van der Waals surface area (Å²) in [5.41, 5.74) is 0. The Balaban J connectivity index is 2.06. The van der Waals surface area contributed by atoms with Crippen LogP contribution in [-0.4, -0.2) is 5.25 Å². The van der Waals surface area contributed by atoms with E-state index in [1.165, 1.54) is 0 Å². The Hall–Kier alpha value is 0.280. The van der Waals surface area contributed by atoms with E-state index in [1.807, 2.05) is 0 Å². The summed E-state index contributed by atoms with van der Waals surface area (Å²) in [4.78, 5) is 0. The molecule has 0 aromatic rings. The Morgan fingerprint density at radius 3 is 2.29 bits per heavy atom. The minimum absolute atomic E-state index is 0.343. The van der Waals surface area contributed by atoms with Crippen LogP contribution in [0.1, 0.15) is 19.8 Å². The molecular formula is C5H9FS. The van der Waals surface area contributed by atoms with Gasteiger partial charge in [0.25, 0.3) is 0 Å². The Kier molecular flexibility index (Phi) is 1.57. The van der Waals surface area contributed by atoms with Gasteiger partial charge in [0.2, 0.25) is 0 Å². The van der Waals surface area contributed by atoms with E-state index < -0.39 is 0 Å². The van der Waals surface area contributed by atoms with Crippen LogP contribution in [0, 0.1) is 5.92 Å². The molecule has 0 saturated heterocycles. The van der Waals surface area contributed by atoms with Crippen molar-refractivity contribution in [1.82, 2.24) is 0 Å². The first-order valence-corrected chi connectivity index (χ1v) is 3.38. The molecule has 0 aliphatic heterocycles. The molecule has 1 saturated carbocycles. The molecule has 0 spiro atoms. The van der Waals surface area contributed by atoms with Gasteiger partial charge in [-0.15, -0.1) is 0 Å². The lowest BCUT2D eigenvalue weighted by molar-refractivity contribution is 0.357. The van der Waals surface area contributed by atoms with Crippen LogP contribution in [0.2, 0.25) is 0 Å². The van der Waals surface area contributed by atoms with Gasteiger partial charge >= 0.3 is 0 Å². The molecule has 1 rings (SSSR count). The number of halogens is 1. The molecule has 0 atom stereocenters. The highest BCUT2D eigenvalue weighted by molar-refractivity contribution is 7.95. The molecule has 7 heavy (non-hydrogen) atoms. The Morgan fingerprint density at radius 1 is 1.57 bits per heavy atom. The molecule has 0 amide bonds. The van der Waals surface area contributed by atoms with Crippen LogP contribution in [0.4, 0.5) is 3.89 Å². The molecule has 0 aromatic heterocycles. The summed E-state index contributed by atoms with van der Waals surface area (Å²) in [5, 5.41) is 0.343. The van der Waals surface area contributed by atoms with Crippen molar-refractivity contribution < 1.29 is 3.89 Å². The van der Waals surface area contributed by atoms with Gasteiger partial charge in [-0.2, -0.15) is 3.89 Å². The molecule has 2 heteroatoms. The van der Waals surface area contributed by atoms with E-state index in [-0.39, 0.29) is 0 Å². The van der Waals surface area contributed by atoms with Gasteiger partial charge in [-0.1, -0.05) is 6.92 Å². The molecule has 1 aliphatic rings. The standard InChI is InChI=1S/C5H9FS/c1-4-2-5(3-4)7-6/h4-5H,2-3H2,1H3. The van der Waals surface area contributed by atoms with E-state index in [9.17, 15) is 3.89 Å². The first-order chi connectivity index (χ1) is 3.33. The van der Waals surface area contributed by atoms with Crippen LogP contribution in [0.5, 0.6) is 0 Å².